The molecule has 0 aliphatic carbocycles. The van der Waals surface area contributed by atoms with E-state index >= 15 is 0 Å². The molecule has 8 heteroatoms. The van der Waals surface area contributed by atoms with Crippen LogP contribution in [0.1, 0.15) is 11.1 Å². The fourth-order valence-electron chi connectivity index (χ4n) is 2.29. The van der Waals surface area contributed by atoms with Gasteiger partial charge in [-0.05, 0) is 35.5 Å². The van der Waals surface area contributed by atoms with Crippen LogP contribution in [-0.2, 0) is 16.2 Å². The summed E-state index contributed by atoms with van der Waals surface area (Å²) in [4.78, 5) is 34.0. The zero-order valence-corrected chi connectivity index (χ0v) is 14.8. The molecule has 0 spiro atoms. The van der Waals surface area contributed by atoms with E-state index in [-0.39, 0.29) is 10.7 Å². The van der Waals surface area contributed by atoms with Crippen LogP contribution < -0.4 is 14.8 Å². The van der Waals surface area contributed by atoms with Gasteiger partial charge in [0.05, 0.1) is 4.91 Å². The summed E-state index contributed by atoms with van der Waals surface area (Å²) in [5.74, 6) is -0.907. The van der Waals surface area contributed by atoms with Crippen LogP contribution in [0, 0.1) is 0 Å². The van der Waals surface area contributed by atoms with Gasteiger partial charge < -0.3 is 14.6 Å². The fraction of sp³-hybridized carbons (Fsp3) is 0.105. The van der Waals surface area contributed by atoms with Gasteiger partial charge in [-0.15, -0.1) is 0 Å². The van der Waals surface area contributed by atoms with Crippen molar-refractivity contribution in [2.45, 2.75) is 6.61 Å². The van der Waals surface area contributed by atoms with E-state index in [4.69, 9.17) is 14.6 Å². The van der Waals surface area contributed by atoms with Crippen molar-refractivity contribution in [3.8, 4) is 11.5 Å². The molecule has 0 bridgehead atoms. The lowest BCUT2D eigenvalue weighted by atomic mass is 10.1. The average molecular weight is 385 g/mol. The van der Waals surface area contributed by atoms with Gasteiger partial charge >= 0.3 is 5.97 Å². The fourth-order valence-corrected chi connectivity index (χ4v) is 2.96. The smallest absolute Gasteiger partial charge is 0.341 e. The third kappa shape index (κ3) is 5.11. The van der Waals surface area contributed by atoms with E-state index in [9.17, 15) is 14.4 Å². The van der Waals surface area contributed by atoms with Gasteiger partial charge in [0.15, 0.2) is 6.61 Å². The van der Waals surface area contributed by atoms with Crippen LogP contribution in [0.15, 0.2) is 53.4 Å². The first-order chi connectivity index (χ1) is 13.0. The Hall–Kier alpha value is -3.26. The lowest BCUT2D eigenvalue weighted by molar-refractivity contribution is -0.139. The summed E-state index contributed by atoms with van der Waals surface area (Å²) in [6.07, 6.45) is 1.48. The number of imide groups is 1. The Morgan fingerprint density at radius 1 is 1.11 bits per heavy atom. The molecule has 27 heavy (non-hydrogen) atoms. The van der Waals surface area contributed by atoms with Gasteiger partial charge in [-0.2, -0.15) is 0 Å². The largest absolute Gasteiger partial charge is 0.489 e. The molecule has 2 amide bonds. The van der Waals surface area contributed by atoms with Crippen molar-refractivity contribution in [1.29, 1.82) is 0 Å². The first-order valence-corrected chi connectivity index (χ1v) is 8.73. The Morgan fingerprint density at radius 2 is 1.89 bits per heavy atom. The van der Waals surface area contributed by atoms with E-state index in [0.717, 1.165) is 17.3 Å². The Balaban J connectivity index is 1.82. The summed E-state index contributed by atoms with van der Waals surface area (Å²) >= 11 is 0.772. The third-order valence-electron chi connectivity index (χ3n) is 3.51. The van der Waals surface area contributed by atoms with E-state index in [1.165, 1.54) is 6.08 Å². The number of amides is 2. The van der Waals surface area contributed by atoms with E-state index in [0.29, 0.717) is 17.9 Å². The third-order valence-corrected chi connectivity index (χ3v) is 4.32. The average Bonchev–Trinajstić information content (AvgIpc) is 2.97. The van der Waals surface area contributed by atoms with Crippen molar-refractivity contribution >= 4 is 35.0 Å². The van der Waals surface area contributed by atoms with Crippen molar-refractivity contribution in [3.63, 3.8) is 0 Å². The summed E-state index contributed by atoms with van der Waals surface area (Å²) in [5, 5.41) is 10.6. The normalized spacial score (nSPS) is 14.9. The number of hydrogen-bond donors (Lipinski definition) is 2. The molecule has 1 fully saturated rings. The molecule has 0 unspecified atom stereocenters. The number of aliphatic carboxylic acids is 1. The zero-order chi connectivity index (χ0) is 19.2. The van der Waals surface area contributed by atoms with E-state index in [2.05, 4.69) is 5.32 Å². The van der Waals surface area contributed by atoms with Crippen LogP contribution in [0.5, 0.6) is 11.5 Å². The number of thioether (sulfide) groups is 1. The Kier molecular flexibility index (Phi) is 5.77. The lowest BCUT2D eigenvalue weighted by Crippen LogP contribution is -2.17. The van der Waals surface area contributed by atoms with E-state index < -0.39 is 23.7 Å². The highest BCUT2D eigenvalue weighted by Gasteiger charge is 2.25. The second-order valence-corrected chi connectivity index (χ2v) is 6.52. The first kappa shape index (κ1) is 18.5. The van der Waals surface area contributed by atoms with Crippen molar-refractivity contribution < 1.29 is 29.0 Å². The molecule has 0 atom stereocenters. The number of carbonyl (C=O) groups is 3. The summed E-state index contributed by atoms with van der Waals surface area (Å²) in [5.41, 5.74) is 1.45. The van der Waals surface area contributed by atoms with Crippen molar-refractivity contribution in [3.05, 3.63) is 64.6 Å². The highest BCUT2D eigenvalue weighted by molar-refractivity contribution is 8.18. The topological polar surface area (TPSA) is 102 Å². The van der Waals surface area contributed by atoms with Crippen LogP contribution in [0.2, 0.25) is 0 Å². The van der Waals surface area contributed by atoms with Crippen molar-refractivity contribution in [1.82, 2.24) is 5.32 Å². The Labute approximate surface area is 159 Å². The molecule has 2 aromatic carbocycles. The number of rotatable bonds is 7. The number of hydrogen-bond acceptors (Lipinski definition) is 6. The molecule has 138 valence electrons. The monoisotopic (exact) mass is 385 g/mol. The van der Waals surface area contributed by atoms with Gasteiger partial charge in [-0.25, -0.2) is 4.79 Å². The minimum atomic E-state index is -1.13. The number of ether oxygens (including phenoxy) is 2. The summed E-state index contributed by atoms with van der Waals surface area (Å²) in [7, 11) is 0. The van der Waals surface area contributed by atoms with Crippen LogP contribution >= 0.6 is 11.8 Å². The minimum Gasteiger partial charge on any atom is -0.489 e. The molecular weight excluding hydrogens is 370 g/mol. The minimum absolute atomic E-state index is 0.207. The number of carboxylic acid groups (broad SMARTS) is 1. The number of carboxylic acids is 1. The van der Waals surface area contributed by atoms with Gasteiger partial charge in [-0.1, -0.05) is 30.3 Å². The molecule has 7 nitrogen and oxygen atoms in total. The first-order valence-electron chi connectivity index (χ1n) is 7.91. The summed E-state index contributed by atoms with van der Waals surface area (Å²) < 4.78 is 11.0. The second kappa shape index (κ2) is 8.41. The molecule has 2 N–H and O–H groups in total. The number of benzene rings is 2. The maximum absolute atomic E-state index is 11.7. The van der Waals surface area contributed by atoms with Crippen LogP contribution in [0.25, 0.3) is 6.08 Å². The molecule has 1 saturated heterocycles. The molecule has 3 rings (SSSR count). The summed E-state index contributed by atoms with van der Waals surface area (Å²) in [6, 6.07) is 14.4. The van der Waals surface area contributed by atoms with E-state index in [1.54, 1.807) is 18.2 Å². The highest BCUT2D eigenvalue weighted by atomic mass is 32.2. The Morgan fingerprint density at radius 3 is 2.56 bits per heavy atom. The van der Waals surface area contributed by atoms with Gasteiger partial charge in [0, 0.05) is 11.6 Å². The quantitative estimate of drug-likeness (QED) is 0.706. The molecule has 1 heterocycles. The molecule has 0 saturated carbocycles. The highest BCUT2D eigenvalue weighted by Crippen LogP contribution is 2.31. The van der Waals surface area contributed by atoms with Crippen LogP contribution in [0.4, 0.5) is 4.79 Å². The predicted molar refractivity (Wildman–Crippen MR) is 99.5 cm³/mol. The predicted octanol–water partition coefficient (Wildman–Crippen LogP) is 3.05. The number of nitrogens with one attached hydrogen (secondary N) is 1. The molecule has 2 aromatic rings. The molecule has 1 aliphatic rings. The SMILES string of the molecule is O=C(O)COc1cc(OCc2ccccc2)ccc1/C=C1\SC(=O)NC1=O. The van der Waals surface area contributed by atoms with Crippen LogP contribution in [0.3, 0.4) is 0 Å². The number of carbonyl (C=O) groups excluding carboxylic acids is 2. The van der Waals surface area contributed by atoms with E-state index in [1.807, 2.05) is 30.3 Å². The molecule has 0 aromatic heterocycles. The molecule has 0 radical (unpaired) electrons. The lowest BCUT2D eigenvalue weighted by Gasteiger charge is -2.11. The second-order valence-electron chi connectivity index (χ2n) is 5.51. The van der Waals surface area contributed by atoms with Gasteiger partial charge in [-0.3, -0.25) is 14.9 Å². The standard InChI is InChI=1S/C19H15NO6S/c21-17(22)11-26-15-9-14(25-10-12-4-2-1-3-5-12)7-6-13(15)8-16-18(23)20-19(24)27-16/h1-9H,10-11H2,(H,21,22)(H,20,23,24)/b16-8-. The van der Waals surface area contributed by atoms with Crippen LogP contribution in [-0.4, -0.2) is 28.8 Å². The maximum atomic E-state index is 11.7. The zero-order valence-electron chi connectivity index (χ0n) is 14.0. The Bertz CT molecular complexity index is 910. The maximum Gasteiger partial charge on any atom is 0.341 e. The summed E-state index contributed by atoms with van der Waals surface area (Å²) in [6.45, 7) is -0.205. The molecule has 1 aliphatic heterocycles. The van der Waals surface area contributed by atoms with Gasteiger partial charge in [0.1, 0.15) is 18.1 Å². The molecular formula is C19H15NO6S. The van der Waals surface area contributed by atoms with Gasteiger partial charge in [0.2, 0.25) is 0 Å². The van der Waals surface area contributed by atoms with Crippen molar-refractivity contribution in [2.75, 3.05) is 6.61 Å². The van der Waals surface area contributed by atoms with Gasteiger partial charge in [0.25, 0.3) is 11.1 Å². The van der Waals surface area contributed by atoms with Crippen molar-refractivity contribution in [2.24, 2.45) is 0 Å².